The average Bonchev–Trinajstić information content (AvgIpc) is 2.57. The van der Waals surface area contributed by atoms with E-state index in [-0.39, 0.29) is 5.02 Å². The fourth-order valence-electron chi connectivity index (χ4n) is 1.19. The number of imidazole rings is 1. The minimum absolute atomic E-state index is 0.0724. The average molecular weight is 229 g/mol. The number of nitrogens with zero attached hydrogens (tertiary/aromatic N) is 1. The van der Waals surface area contributed by atoms with Gasteiger partial charge in [0.1, 0.15) is 10.8 Å². The second-order valence-corrected chi connectivity index (χ2v) is 3.47. The van der Waals surface area contributed by atoms with E-state index in [2.05, 4.69) is 4.98 Å². The fourth-order valence-corrected chi connectivity index (χ4v) is 1.63. The first kappa shape index (κ1) is 9.43. The van der Waals surface area contributed by atoms with E-state index in [1.54, 1.807) is 29.1 Å². The highest BCUT2D eigenvalue weighted by Crippen LogP contribution is 2.23. The summed E-state index contributed by atoms with van der Waals surface area (Å²) in [5.41, 5.74) is 0.540. The molecule has 0 aliphatic rings. The van der Waals surface area contributed by atoms with E-state index in [0.29, 0.717) is 10.5 Å². The molecular formula is C9H6ClFN2S. The molecule has 72 valence electrons. The zero-order chi connectivity index (χ0) is 10.1. The zero-order valence-electron chi connectivity index (χ0n) is 7.00. The molecular weight excluding hydrogens is 223 g/mol. The maximum atomic E-state index is 13.1. The Balaban J connectivity index is 2.69. The number of benzene rings is 1. The number of aromatic nitrogens is 2. The summed E-state index contributed by atoms with van der Waals surface area (Å²) < 4.78 is 15.2. The van der Waals surface area contributed by atoms with E-state index in [1.165, 1.54) is 6.07 Å². The summed E-state index contributed by atoms with van der Waals surface area (Å²) in [5, 5.41) is 0.0724. The Labute approximate surface area is 90.0 Å². The number of aromatic amines is 1. The molecule has 0 radical (unpaired) electrons. The Morgan fingerprint density at radius 1 is 1.43 bits per heavy atom. The van der Waals surface area contributed by atoms with Crippen LogP contribution in [0.1, 0.15) is 0 Å². The maximum absolute atomic E-state index is 13.1. The summed E-state index contributed by atoms with van der Waals surface area (Å²) in [6, 6.07) is 4.60. The first-order chi connectivity index (χ1) is 6.70. The second kappa shape index (κ2) is 3.55. The van der Waals surface area contributed by atoms with Crippen LogP contribution < -0.4 is 0 Å². The fraction of sp³-hybridized carbons (Fsp3) is 0. The molecule has 1 N–H and O–H groups in total. The van der Waals surface area contributed by atoms with Gasteiger partial charge in [-0.1, -0.05) is 17.7 Å². The van der Waals surface area contributed by atoms with Gasteiger partial charge in [-0.25, -0.2) is 4.39 Å². The molecule has 0 spiro atoms. The van der Waals surface area contributed by atoms with Gasteiger partial charge in [-0.3, -0.25) is 4.57 Å². The highest BCUT2D eigenvalue weighted by Gasteiger charge is 2.07. The van der Waals surface area contributed by atoms with Crippen molar-refractivity contribution in [3.05, 3.63) is 46.2 Å². The van der Waals surface area contributed by atoms with Gasteiger partial charge in [-0.05, 0) is 24.4 Å². The van der Waals surface area contributed by atoms with Crippen molar-refractivity contribution in [1.29, 1.82) is 0 Å². The lowest BCUT2D eigenvalue weighted by molar-refractivity contribution is 0.627. The van der Waals surface area contributed by atoms with E-state index in [0.717, 1.165) is 0 Å². The molecule has 2 aromatic rings. The Kier molecular flexibility index (Phi) is 2.39. The van der Waals surface area contributed by atoms with Crippen molar-refractivity contribution in [2.75, 3.05) is 0 Å². The molecule has 0 aliphatic heterocycles. The predicted octanol–water partition coefficient (Wildman–Crippen LogP) is 3.33. The summed E-state index contributed by atoms with van der Waals surface area (Å²) in [6.07, 6.45) is 3.37. The molecule has 14 heavy (non-hydrogen) atoms. The Hall–Kier alpha value is -1.13. The topological polar surface area (TPSA) is 20.7 Å². The first-order valence-electron chi connectivity index (χ1n) is 3.90. The van der Waals surface area contributed by atoms with Crippen LogP contribution in [0.4, 0.5) is 4.39 Å². The lowest BCUT2D eigenvalue weighted by Gasteiger charge is -2.04. The lowest BCUT2D eigenvalue weighted by Crippen LogP contribution is -1.94. The predicted molar refractivity (Wildman–Crippen MR) is 55.9 cm³/mol. The van der Waals surface area contributed by atoms with Gasteiger partial charge in [0, 0.05) is 12.4 Å². The van der Waals surface area contributed by atoms with Crippen molar-refractivity contribution < 1.29 is 4.39 Å². The molecule has 0 unspecified atom stereocenters. The number of H-pyrrole nitrogens is 1. The molecule has 1 aromatic heterocycles. The molecule has 5 heteroatoms. The quantitative estimate of drug-likeness (QED) is 0.743. The molecule has 2 rings (SSSR count). The van der Waals surface area contributed by atoms with Crippen LogP contribution >= 0.6 is 23.8 Å². The highest BCUT2D eigenvalue weighted by atomic mass is 35.5. The molecule has 0 saturated carbocycles. The van der Waals surface area contributed by atoms with Gasteiger partial charge >= 0.3 is 0 Å². The van der Waals surface area contributed by atoms with Crippen LogP contribution in [0.25, 0.3) is 5.69 Å². The van der Waals surface area contributed by atoms with Crippen LogP contribution in [-0.2, 0) is 0 Å². The van der Waals surface area contributed by atoms with Gasteiger partial charge < -0.3 is 4.98 Å². The third kappa shape index (κ3) is 1.47. The van der Waals surface area contributed by atoms with Crippen LogP contribution in [0.15, 0.2) is 30.6 Å². The summed E-state index contributed by atoms with van der Waals surface area (Å²) >= 11 is 10.8. The number of nitrogens with one attached hydrogen (secondary N) is 1. The van der Waals surface area contributed by atoms with E-state index < -0.39 is 5.82 Å². The first-order valence-corrected chi connectivity index (χ1v) is 4.69. The molecule has 1 heterocycles. The summed E-state index contributed by atoms with van der Waals surface area (Å²) in [6.45, 7) is 0. The lowest BCUT2D eigenvalue weighted by atomic mass is 10.3. The minimum Gasteiger partial charge on any atom is -0.337 e. The largest absolute Gasteiger partial charge is 0.337 e. The second-order valence-electron chi connectivity index (χ2n) is 2.71. The van der Waals surface area contributed by atoms with Crippen molar-refractivity contribution >= 4 is 23.8 Å². The van der Waals surface area contributed by atoms with Gasteiger partial charge in [0.2, 0.25) is 0 Å². The third-order valence-corrected chi connectivity index (χ3v) is 2.53. The number of hydrogen-bond acceptors (Lipinski definition) is 1. The molecule has 0 bridgehead atoms. The Morgan fingerprint density at radius 3 is 2.86 bits per heavy atom. The molecule has 0 aliphatic carbocycles. The maximum Gasteiger partial charge on any atom is 0.181 e. The van der Waals surface area contributed by atoms with Gasteiger partial charge in [-0.15, -0.1) is 0 Å². The van der Waals surface area contributed by atoms with Crippen LogP contribution in [0.3, 0.4) is 0 Å². The zero-order valence-corrected chi connectivity index (χ0v) is 8.57. The van der Waals surface area contributed by atoms with Crippen molar-refractivity contribution in [3.63, 3.8) is 0 Å². The molecule has 2 nitrogen and oxygen atoms in total. The molecule has 0 saturated heterocycles. The van der Waals surface area contributed by atoms with E-state index in [4.69, 9.17) is 23.8 Å². The standard InChI is InChI=1S/C9H6ClFN2S/c10-8-6(11)2-1-3-7(8)13-5-4-12-9(13)14/h1-5H,(H,12,14). The van der Waals surface area contributed by atoms with Gasteiger partial charge in [-0.2, -0.15) is 0 Å². The molecule has 0 fully saturated rings. The van der Waals surface area contributed by atoms with Crippen molar-refractivity contribution in [1.82, 2.24) is 9.55 Å². The molecule has 0 atom stereocenters. The normalized spacial score (nSPS) is 10.4. The van der Waals surface area contributed by atoms with E-state index in [1.807, 2.05) is 0 Å². The van der Waals surface area contributed by atoms with Crippen LogP contribution in [0.5, 0.6) is 0 Å². The number of halogens is 2. The van der Waals surface area contributed by atoms with Crippen molar-refractivity contribution in [3.8, 4) is 5.69 Å². The molecule has 1 aromatic carbocycles. The number of hydrogen-bond donors (Lipinski definition) is 1. The van der Waals surface area contributed by atoms with Gasteiger partial charge in [0.15, 0.2) is 4.77 Å². The smallest absolute Gasteiger partial charge is 0.181 e. The third-order valence-electron chi connectivity index (χ3n) is 1.84. The van der Waals surface area contributed by atoms with Crippen LogP contribution in [0.2, 0.25) is 5.02 Å². The summed E-state index contributed by atoms with van der Waals surface area (Å²) in [4.78, 5) is 2.81. The van der Waals surface area contributed by atoms with E-state index >= 15 is 0 Å². The highest BCUT2D eigenvalue weighted by molar-refractivity contribution is 7.71. The Bertz CT molecular complexity index is 518. The van der Waals surface area contributed by atoms with Crippen molar-refractivity contribution in [2.45, 2.75) is 0 Å². The summed E-state index contributed by atoms with van der Waals surface area (Å²) in [5.74, 6) is -0.452. The Morgan fingerprint density at radius 2 is 2.21 bits per heavy atom. The molecule has 0 amide bonds. The van der Waals surface area contributed by atoms with Gasteiger partial charge in [0.25, 0.3) is 0 Å². The van der Waals surface area contributed by atoms with E-state index in [9.17, 15) is 4.39 Å². The number of rotatable bonds is 1. The van der Waals surface area contributed by atoms with Crippen LogP contribution in [-0.4, -0.2) is 9.55 Å². The monoisotopic (exact) mass is 228 g/mol. The minimum atomic E-state index is -0.452. The SMILES string of the molecule is Fc1cccc(-n2cc[nH]c2=S)c1Cl. The van der Waals surface area contributed by atoms with Gasteiger partial charge in [0.05, 0.1) is 5.69 Å². The van der Waals surface area contributed by atoms with Crippen LogP contribution in [0, 0.1) is 10.6 Å². The summed E-state index contributed by atoms with van der Waals surface area (Å²) in [7, 11) is 0. The van der Waals surface area contributed by atoms with Crippen molar-refractivity contribution in [2.24, 2.45) is 0 Å².